The molecule has 7 nitrogen and oxygen atoms in total. The zero-order valence-electron chi connectivity index (χ0n) is 16.2. The summed E-state index contributed by atoms with van der Waals surface area (Å²) in [4.78, 5) is 23.7. The second-order valence-corrected chi connectivity index (χ2v) is 7.74. The van der Waals surface area contributed by atoms with E-state index in [-0.39, 0.29) is 24.3 Å². The van der Waals surface area contributed by atoms with Crippen molar-refractivity contribution in [3.63, 3.8) is 0 Å². The molecule has 152 valence electrons. The highest BCUT2D eigenvalue weighted by Crippen LogP contribution is 2.44. The second-order valence-electron chi connectivity index (χ2n) is 7.74. The SMILES string of the molecule is O=C(NC1CCc2c(C(=O)O)n[nH]c2C1)OCC1c2ccccc2-c2ccccc21. The molecule has 0 aliphatic heterocycles. The molecule has 3 aromatic rings. The van der Waals surface area contributed by atoms with Crippen LogP contribution in [-0.4, -0.2) is 40.0 Å². The fraction of sp³-hybridized carbons (Fsp3) is 0.261. The number of carbonyl (C=O) groups is 2. The van der Waals surface area contributed by atoms with E-state index in [1.165, 1.54) is 22.3 Å². The molecule has 0 saturated heterocycles. The highest BCUT2D eigenvalue weighted by molar-refractivity contribution is 5.87. The highest BCUT2D eigenvalue weighted by atomic mass is 16.5. The normalized spacial score (nSPS) is 17.0. The number of carbonyl (C=O) groups excluding carboxylic acids is 1. The van der Waals surface area contributed by atoms with Gasteiger partial charge in [-0.2, -0.15) is 5.10 Å². The maximum atomic E-state index is 12.5. The van der Waals surface area contributed by atoms with Gasteiger partial charge in [-0.05, 0) is 35.1 Å². The Labute approximate surface area is 173 Å². The minimum atomic E-state index is -1.03. The van der Waals surface area contributed by atoms with Crippen LogP contribution < -0.4 is 5.32 Å². The van der Waals surface area contributed by atoms with E-state index in [1.54, 1.807) is 0 Å². The Morgan fingerprint density at radius 3 is 2.43 bits per heavy atom. The van der Waals surface area contributed by atoms with Crippen LogP contribution in [-0.2, 0) is 17.6 Å². The molecule has 1 unspecified atom stereocenters. The van der Waals surface area contributed by atoms with Gasteiger partial charge in [0.05, 0.1) is 0 Å². The lowest BCUT2D eigenvalue weighted by Gasteiger charge is -2.23. The van der Waals surface area contributed by atoms with Gasteiger partial charge in [-0.1, -0.05) is 48.5 Å². The van der Waals surface area contributed by atoms with Crippen LogP contribution >= 0.6 is 0 Å². The van der Waals surface area contributed by atoms with E-state index in [1.807, 2.05) is 24.3 Å². The maximum Gasteiger partial charge on any atom is 0.407 e. The number of alkyl carbamates (subject to hydrolysis) is 1. The quantitative estimate of drug-likeness (QED) is 0.618. The van der Waals surface area contributed by atoms with E-state index < -0.39 is 12.1 Å². The molecular formula is C23H21N3O4. The van der Waals surface area contributed by atoms with Gasteiger partial charge in [-0.25, -0.2) is 9.59 Å². The van der Waals surface area contributed by atoms with Crippen LogP contribution in [0.3, 0.4) is 0 Å². The number of benzene rings is 2. The van der Waals surface area contributed by atoms with E-state index in [0.29, 0.717) is 19.3 Å². The Morgan fingerprint density at radius 2 is 1.77 bits per heavy atom. The molecule has 0 bridgehead atoms. The predicted octanol–water partition coefficient (Wildman–Crippen LogP) is 3.50. The Balaban J connectivity index is 1.24. The van der Waals surface area contributed by atoms with Crippen LogP contribution in [0.5, 0.6) is 0 Å². The van der Waals surface area contributed by atoms with Gasteiger partial charge in [0.1, 0.15) is 6.61 Å². The highest BCUT2D eigenvalue weighted by Gasteiger charge is 2.30. The van der Waals surface area contributed by atoms with Crippen LogP contribution in [0.15, 0.2) is 48.5 Å². The Kier molecular flexibility index (Phi) is 4.50. The molecule has 2 aliphatic carbocycles. The molecule has 0 saturated carbocycles. The summed E-state index contributed by atoms with van der Waals surface area (Å²) in [6, 6.07) is 16.3. The molecule has 0 radical (unpaired) electrons. The fourth-order valence-corrected chi connectivity index (χ4v) is 4.61. The van der Waals surface area contributed by atoms with Crippen LogP contribution in [0, 0.1) is 0 Å². The van der Waals surface area contributed by atoms with Gasteiger partial charge in [0, 0.05) is 29.6 Å². The molecule has 1 amide bonds. The first kappa shape index (κ1) is 18.4. The van der Waals surface area contributed by atoms with Crippen molar-refractivity contribution in [1.82, 2.24) is 15.5 Å². The van der Waals surface area contributed by atoms with Crippen molar-refractivity contribution in [2.45, 2.75) is 31.2 Å². The molecule has 7 heteroatoms. The van der Waals surface area contributed by atoms with E-state index in [2.05, 4.69) is 39.8 Å². The van der Waals surface area contributed by atoms with E-state index >= 15 is 0 Å². The van der Waals surface area contributed by atoms with Gasteiger partial charge < -0.3 is 15.2 Å². The molecule has 0 fully saturated rings. The van der Waals surface area contributed by atoms with Crippen LogP contribution in [0.25, 0.3) is 11.1 Å². The Bertz CT molecular complexity index is 1090. The molecule has 1 heterocycles. The molecule has 0 spiro atoms. The fourth-order valence-electron chi connectivity index (χ4n) is 4.61. The van der Waals surface area contributed by atoms with Gasteiger partial charge in [0.2, 0.25) is 0 Å². The summed E-state index contributed by atoms with van der Waals surface area (Å²) in [7, 11) is 0. The molecule has 5 rings (SSSR count). The number of rotatable bonds is 4. The van der Waals surface area contributed by atoms with Crippen molar-refractivity contribution in [2.75, 3.05) is 6.61 Å². The first-order valence-electron chi connectivity index (χ1n) is 10.0. The summed E-state index contributed by atoms with van der Waals surface area (Å²) < 4.78 is 5.60. The lowest BCUT2D eigenvalue weighted by Crippen LogP contribution is -2.39. The maximum absolute atomic E-state index is 12.5. The number of fused-ring (bicyclic) bond motifs is 4. The molecule has 30 heavy (non-hydrogen) atoms. The van der Waals surface area contributed by atoms with Crippen molar-refractivity contribution in [3.8, 4) is 11.1 Å². The van der Waals surface area contributed by atoms with Crippen molar-refractivity contribution in [2.24, 2.45) is 0 Å². The number of nitrogens with zero attached hydrogens (tertiary/aromatic N) is 1. The first-order valence-corrected chi connectivity index (χ1v) is 10.0. The van der Waals surface area contributed by atoms with Gasteiger partial charge >= 0.3 is 12.1 Å². The molecule has 2 aromatic carbocycles. The van der Waals surface area contributed by atoms with Gasteiger partial charge in [0.25, 0.3) is 0 Å². The molecule has 2 aliphatic rings. The largest absolute Gasteiger partial charge is 0.476 e. The van der Waals surface area contributed by atoms with Crippen molar-refractivity contribution >= 4 is 12.1 Å². The number of hydrogen-bond donors (Lipinski definition) is 3. The predicted molar refractivity (Wildman–Crippen MR) is 110 cm³/mol. The average molecular weight is 403 g/mol. The standard InChI is InChI=1S/C23H21N3O4/c27-22(28)21-18-10-9-13(11-20(18)25-26-21)24-23(29)30-12-19-16-7-3-1-5-14(16)15-6-2-4-8-17(15)19/h1-8,13,19H,9-12H2,(H,24,29)(H,25,26)(H,27,28). The topological polar surface area (TPSA) is 104 Å². The van der Waals surface area contributed by atoms with Crippen molar-refractivity contribution in [1.29, 1.82) is 0 Å². The minimum absolute atomic E-state index is 0.0202. The average Bonchev–Trinajstić information content (AvgIpc) is 3.31. The smallest absolute Gasteiger partial charge is 0.407 e. The number of nitrogens with one attached hydrogen (secondary N) is 2. The summed E-state index contributed by atoms with van der Waals surface area (Å²) in [5.74, 6) is -1.01. The van der Waals surface area contributed by atoms with Crippen molar-refractivity contribution < 1.29 is 19.4 Å². The van der Waals surface area contributed by atoms with Crippen LogP contribution in [0.4, 0.5) is 4.79 Å². The third-order valence-electron chi connectivity index (χ3n) is 6.01. The number of aromatic nitrogens is 2. The number of hydrogen-bond acceptors (Lipinski definition) is 4. The van der Waals surface area contributed by atoms with E-state index in [0.717, 1.165) is 11.3 Å². The molecule has 3 N–H and O–H groups in total. The Hall–Kier alpha value is -3.61. The lowest BCUT2D eigenvalue weighted by atomic mass is 9.92. The van der Waals surface area contributed by atoms with E-state index in [4.69, 9.17) is 4.74 Å². The third kappa shape index (κ3) is 3.12. The summed E-state index contributed by atoms with van der Waals surface area (Å²) >= 11 is 0. The van der Waals surface area contributed by atoms with Crippen molar-refractivity contribution in [3.05, 3.63) is 76.6 Å². The minimum Gasteiger partial charge on any atom is -0.476 e. The summed E-state index contributed by atoms with van der Waals surface area (Å²) in [6.07, 6.45) is 1.27. The van der Waals surface area contributed by atoms with Crippen LogP contribution in [0.1, 0.15) is 45.2 Å². The number of ether oxygens (including phenoxy) is 1. The van der Waals surface area contributed by atoms with Gasteiger partial charge in [-0.15, -0.1) is 0 Å². The number of amides is 1. The number of H-pyrrole nitrogens is 1. The lowest BCUT2D eigenvalue weighted by molar-refractivity contribution is 0.0688. The number of carboxylic acids is 1. The Morgan fingerprint density at radius 1 is 1.10 bits per heavy atom. The number of aromatic carboxylic acids is 1. The number of aromatic amines is 1. The second kappa shape index (κ2) is 7.33. The molecular weight excluding hydrogens is 382 g/mol. The summed E-state index contributed by atoms with van der Waals surface area (Å²) in [5, 5.41) is 18.8. The third-order valence-corrected chi connectivity index (χ3v) is 6.01. The zero-order chi connectivity index (χ0) is 20.7. The molecule has 1 atom stereocenters. The zero-order valence-corrected chi connectivity index (χ0v) is 16.2. The number of carboxylic acid groups (broad SMARTS) is 1. The molecule has 1 aromatic heterocycles. The van der Waals surface area contributed by atoms with Gasteiger partial charge in [0.15, 0.2) is 5.69 Å². The van der Waals surface area contributed by atoms with Gasteiger partial charge in [-0.3, -0.25) is 5.10 Å². The van der Waals surface area contributed by atoms with E-state index in [9.17, 15) is 14.7 Å². The monoisotopic (exact) mass is 403 g/mol. The summed E-state index contributed by atoms with van der Waals surface area (Å²) in [5.41, 5.74) is 6.30. The van der Waals surface area contributed by atoms with Crippen LogP contribution in [0.2, 0.25) is 0 Å². The summed E-state index contributed by atoms with van der Waals surface area (Å²) in [6.45, 7) is 0.269. The first-order chi connectivity index (χ1) is 14.6.